The summed E-state index contributed by atoms with van der Waals surface area (Å²) in [6, 6.07) is 2.16. The fourth-order valence-corrected chi connectivity index (χ4v) is 1.07. The van der Waals surface area contributed by atoms with E-state index in [4.69, 9.17) is 9.47 Å². The summed E-state index contributed by atoms with van der Waals surface area (Å²) in [4.78, 5) is 3.57. The summed E-state index contributed by atoms with van der Waals surface area (Å²) >= 11 is 0. The molecule has 2 heterocycles. The Morgan fingerprint density at radius 1 is 1.33 bits per heavy atom. The van der Waals surface area contributed by atoms with Crippen LogP contribution in [-0.4, -0.2) is 24.3 Å². The van der Waals surface area contributed by atoms with Gasteiger partial charge in [-0.15, -0.1) is 0 Å². The second kappa shape index (κ2) is 3.69. The Kier molecular flexibility index (Phi) is 2.52. The zero-order valence-corrected chi connectivity index (χ0v) is 7.62. The molecule has 1 aromatic rings. The number of nitrogens with zero attached hydrogens (tertiary/aromatic N) is 1. The number of aromatic nitrogens is 1. The number of ether oxygens (including phenoxy) is 2. The molecular formula is C9H8F3NO2. The Hall–Kier alpha value is -1.30. The van der Waals surface area contributed by atoms with Crippen LogP contribution >= 0.6 is 0 Å². The highest BCUT2D eigenvalue weighted by Crippen LogP contribution is 2.29. The zero-order chi connectivity index (χ0) is 10.9. The molecule has 0 amide bonds. The summed E-state index contributed by atoms with van der Waals surface area (Å²) in [5, 5.41) is 0. The molecule has 0 atom stereocenters. The van der Waals surface area contributed by atoms with Crippen molar-refractivity contribution in [3.8, 4) is 5.88 Å². The number of halogens is 3. The van der Waals surface area contributed by atoms with E-state index in [0.29, 0.717) is 13.2 Å². The maximum absolute atomic E-state index is 12.2. The third kappa shape index (κ3) is 2.38. The van der Waals surface area contributed by atoms with Gasteiger partial charge in [-0.05, 0) is 6.07 Å². The standard InChI is InChI=1S/C9H8F3NO2/c10-9(11,12)6-1-2-8(13-3-6)15-7-4-14-5-7/h1-3,7H,4-5H2. The molecule has 0 spiro atoms. The largest absolute Gasteiger partial charge is 0.469 e. The molecule has 0 N–H and O–H groups in total. The normalized spacial score (nSPS) is 17.3. The minimum Gasteiger partial charge on any atom is -0.469 e. The summed E-state index contributed by atoms with van der Waals surface area (Å²) in [5.74, 6) is 0.191. The molecule has 0 saturated carbocycles. The third-order valence-corrected chi connectivity index (χ3v) is 1.96. The molecule has 0 radical (unpaired) electrons. The molecule has 15 heavy (non-hydrogen) atoms. The van der Waals surface area contributed by atoms with Crippen LogP contribution in [0.5, 0.6) is 5.88 Å². The van der Waals surface area contributed by atoms with Crippen LogP contribution in [0, 0.1) is 0 Å². The van der Waals surface area contributed by atoms with Crippen LogP contribution in [-0.2, 0) is 10.9 Å². The third-order valence-electron chi connectivity index (χ3n) is 1.96. The number of hydrogen-bond donors (Lipinski definition) is 0. The second-order valence-corrected chi connectivity index (χ2v) is 3.16. The van der Waals surface area contributed by atoms with Crippen molar-refractivity contribution >= 4 is 0 Å². The molecule has 82 valence electrons. The van der Waals surface area contributed by atoms with Crippen LogP contribution in [0.25, 0.3) is 0 Å². The first-order valence-corrected chi connectivity index (χ1v) is 4.33. The predicted molar refractivity (Wildman–Crippen MR) is 44.5 cm³/mol. The highest BCUT2D eigenvalue weighted by atomic mass is 19.4. The van der Waals surface area contributed by atoms with E-state index in [-0.39, 0.29) is 12.0 Å². The van der Waals surface area contributed by atoms with E-state index < -0.39 is 11.7 Å². The summed E-state index contributed by atoms with van der Waals surface area (Å²) in [7, 11) is 0. The van der Waals surface area contributed by atoms with Crippen molar-refractivity contribution in [3.63, 3.8) is 0 Å². The van der Waals surface area contributed by atoms with Crippen LogP contribution in [0.2, 0.25) is 0 Å². The summed E-state index contributed by atoms with van der Waals surface area (Å²) in [5.41, 5.74) is -0.778. The molecule has 1 aliphatic rings. The predicted octanol–water partition coefficient (Wildman–Crippen LogP) is 1.88. The van der Waals surface area contributed by atoms with Crippen LogP contribution in [0.15, 0.2) is 18.3 Å². The van der Waals surface area contributed by atoms with Gasteiger partial charge in [-0.1, -0.05) is 0 Å². The summed E-state index contributed by atoms with van der Waals surface area (Å²) < 4.78 is 46.5. The average molecular weight is 219 g/mol. The maximum Gasteiger partial charge on any atom is 0.417 e. The molecule has 6 heteroatoms. The smallest absolute Gasteiger partial charge is 0.417 e. The highest BCUT2D eigenvalue weighted by Gasteiger charge is 2.31. The quantitative estimate of drug-likeness (QED) is 0.761. The lowest BCUT2D eigenvalue weighted by molar-refractivity contribution is -0.137. The van der Waals surface area contributed by atoms with E-state index in [0.717, 1.165) is 12.3 Å². The van der Waals surface area contributed by atoms with Gasteiger partial charge in [0.1, 0.15) is 6.10 Å². The number of pyridine rings is 1. The molecule has 0 aromatic carbocycles. The van der Waals surface area contributed by atoms with Gasteiger partial charge in [-0.25, -0.2) is 4.98 Å². The first-order chi connectivity index (χ1) is 7.05. The number of rotatable bonds is 2. The fraction of sp³-hybridized carbons (Fsp3) is 0.444. The van der Waals surface area contributed by atoms with E-state index in [1.165, 1.54) is 6.07 Å². The monoisotopic (exact) mass is 219 g/mol. The van der Waals surface area contributed by atoms with Gasteiger partial charge < -0.3 is 9.47 Å². The molecule has 2 rings (SSSR count). The number of hydrogen-bond acceptors (Lipinski definition) is 3. The minimum atomic E-state index is -4.36. The van der Waals surface area contributed by atoms with Crippen molar-refractivity contribution < 1.29 is 22.6 Å². The van der Waals surface area contributed by atoms with E-state index in [9.17, 15) is 13.2 Å². The van der Waals surface area contributed by atoms with Crippen molar-refractivity contribution in [3.05, 3.63) is 23.9 Å². The van der Waals surface area contributed by atoms with Crippen molar-refractivity contribution in [1.82, 2.24) is 4.98 Å². The van der Waals surface area contributed by atoms with Gasteiger partial charge in [0.15, 0.2) is 0 Å². The van der Waals surface area contributed by atoms with Gasteiger partial charge in [-0.2, -0.15) is 13.2 Å². The van der Waals surface area contributed by atoms with Crippen LogP contribution < -0.4 is 4.74 Å². The lowest BCUT2D eigenvalue weighted by atomic mass is 10.3. The van der Waals surface area contributed by atoms with Gasteiger partial charge in [0, 0.05) is 12.3 Å². The van der Waals surface area contributed by atoms with Crippen molar-refractivity contribution in [2.24, 2.45) is 0 Å². The second-order valence-electron chi connectivity index (χ2n) is 3.16. The molecule has 1 fully saturated rings. The van der Waals surface area contributed by atoms with Crippen LogP contribution in [0.1, 0.15) is 5.56 Å². The van der Waals surface area contributed by atoms with Crippen LogP contribution in [0.4, 0.5) is 13.2 Å². The molecule has 3 nitrogen and oxygen atoms in total. The van der Waals surface area contributed by atoms with E-state index >= 15 is 0 Å². The first kappa shape index (κ1) is 10.2. The maximum atomic E-state index is 12.2. The van der Waals surface area contributed by atoms with Crippen molar-refractivity contribution in [1.29, 1.82) is 0 Å². The number of alkyl halides is 3. The summed E-state index contributed by atoms with van der Waals surface area (Å²) in [6.45, 7) is 0.922. The summed E-state index contributed by atoms with van der Waals surface area (Å²) in [6.07, 6.45) is -3.69. The molecule has 1 aromatic heterocycles. The van der Waals surface area contributed by atoms with Gasteiger partial charge in [0.2, 0.25) is 5.88 Å². The molecule has 1 aliphatic heterocycles. The molecular weight excluding hydrogens is 211 g/mol. The average Bonchev–Trinajstić information content (AvgIpc) is 2.11. The Bertz CT molecular complexity index is 332. The highest BCUT2D eigenvalue weighted by molar-refractivity contribution is 5.20. The first-order valence-electron chi connectivity index (χ1n) is 4.33. The van der Waals surface area contributed by atoms with E-state index in [1.807, 2.05) is 0 Å². The van der Waals surface area contributed by atoms with E-state index in [1.54, 1.807) is 0 Å². The Labute approximate surface area is 83.8 Å². The lowest BCUT2D eigenvalue weighted by Gasteiger charge is -2.26. The Morgan fingerprint density at radius 2 is 2.07 bits per heavy atom. The lowest BCUT2D eigenvalue weighted by Crippen LogP contribution is -2.38. The van der Waals surface area contributed by atoms with Gasteiger partial charge in [0.05, 0.1) is 18.8 Å². The van der Waals surface area contributed by atoms with Crippen molar-refractivity contribution in [2.45, 2.75) is 12.3 Å². The van der Waals surface area contributed by atoms with Gasteiger partial charge >= 0.3 is 6.18 Å². The van der Waals surface area contributed by atoms with E-state index in [2.05, 4.69) is 4.98 Å². The Morgan fingerprint density at radius 3 is 2.47 bits per heavy atom. The SMILES string of the molecule is FC(F)(F)c1ccc(OC2COC2)nc1. The molecule has 0 unspecified atom stereocenters. The zero-order valence-electron chi connectivity index (χ0n) is 7.62. The topological polar surface area (TPSA) is 31.4 Å². The van der Waals surface area contributed by atoms with Gasteiger partial charge in [0.25, 0.3) is 0 Å². The minimum absolute atomic E-state index is 0.0887. The Balaban J connectivity index is 2.03. The molecule has 0 bridgehead atoms. The van der Waals surface area contributed by atoms with Gasteiger partial charge in [-0.3, -0.25) is 0 Å². The molecule has 0 aliphatic carbocycles. The fourth-order valence-electron chi connectivity index (χ4n) is 1.07. The van der Waals surface area contributed by atoms with Crippen molar-refractivity contribution in [2.75, 3.05) is 13.2 Å². The molecule has 1 saturated heterocycles. The van der Waals surface area contributed by atoms with Crippen LogP contribution in [0.3, 0.4) is 0 Å².